The minimum absolute atomic E-state index is 0.000922. The molecule has 5 aromatic rings. The first-order valence-electron chi connectivity index (χ1n) is 21.7. The zero-order chi connectivity index (χ0) is 42.5. The number of carbonyl (C=O) groups is 3. The molecule has 8 heterocycles. The first kappa shape index (κ1) is 40.3. The zero-order valence-electron chi connectivity index (χ0n) is 34.5. The third-order valence-corrected chi connectivity index (χ3v) is 13.3. The van der Waals surface area contributed by atoms with E-state index in [0.29, 0.717) is 43.3 Å². The van der Waals surface area contributed by atoms with Crippen molar-refractivity contribution in [1.29, 1.82) is 0 Å². The van der Waals surface area contributed by atoms with Crippen LogP contribution in [0.3, 0.4) is 0 Å². The highest BCUT2D eigenvalue weighted by atomic mass is 19.3. The Kier molecular flexibility index (Phi) is 10.9. The molecule has 5 fully saturated rings. The number of nitrogens with zero attached hydrogens (tertiary/aromatic N) is 9. The van der Waals surface area contributed by atoms with Gasteiger partial charge in [0.2, 0.25) is 11.8 Å². The van der Waals surface area contributed by atoms with Gasteiger partial charge in [-0.25, -0.2) is 18.3 Å². The van der Waals surface area contributed by atoms with Gasteiger partial charge in [-0.2, -0.15) is 15.3 Å². The number of hydrogen-bond donors (Lipinski definition) is 2. The number of likely N-dealkylation sites (tertiary alicyclic amines) is 1. The highest BCUT2D eigenvalue weighted by molar-refractivity contribution is 6.08. The Morgan fingerprint density at radius 3 is 2.66 bits per heavy atom. The van der Waals surface area contributed by atoms with Crippen molar-refractivity contribution in [2.24, 2.45) is 13.0 Å². The lowest BCUT2D eigenvalue weighted by molar-refractivity contribution is -0.134. The van der Waals surface area contributed by atoms with Crippen LogP contribution in [0.2, 0.25) is 0 Å². The van der Waals surface area contributed by atoms with Crippen molar-refractivity contribution in [1.82, 2.24) is 44.4 Å². The van der Waals surface area contributed by atoms with Gasteiger partial charge in [-0.1, -0.05) is 11.8 Å². The summed E-state index contributed by atoms with van der Waals surface area (Å²) in [4.78, 5) is 47.1. The van der Waals surface area contributed by atoms with Crippen LogP contribution in [0.15, 0.2) is 42.9 Å². The predicted molar refractivity (Wildman–Crippen MR) is 223 cm³/mol. The molecule has 18 heteroatoms. The van der Waals surface area contributed by atoms with Crippen LogP contribution in [-0.2, 0) is 26.1 Å². The van der Waals surface area contributed by atoms with Crippen LogP contribution in [0.25, 0.3) is 16.6 Å². The van der Waals surface area contributed by atoms with E-state index in [-0.39, 0.29) is 47.4 Å². The molecule has 62 heavy (non-hydrogen) atoms. The summed E-state index contributed by atoms with van der Waals surface area (Å²) in [7, 11) is 1.84. The van der Waals surface area contributed by atoms with Gasteiger partial charge in [0, 0.05) is 63.0 Å². The monoisotopic (exact) mass is 849 g/mol. The highest BCUT2D eigenvalue weighted by Crippen LogP contribution is 2.37. The number of aryl methyl sites for hydroxylation is 1. The molecule has 1 unspecified atom stereocenters. The van der Waals surface area contributed by atoms with E-state index >= 15 is 0 Å². The Labute approximate surface area is 356 Å². The number of anilines is 2. The Morgan fingerprint density at radius 2 is 1.90 bits per heavy atom. The molecular formula is C44H49F2N11O5. The van der Waals surface area contributed by atoms with Crippen LogP contribution in [0.1, 0.15) is 103 Å². The summed E-state index contributed by atoms with van der Waals surface area (Å²) in [5.41, 5.74) is 2.51. The standard InChI is InChI=1S/C44H49F2N11O5/c1-53-36-19-26(6-9-32(36)39(51-53)33-10-11-38(58)50-43(33)59)3-2-18-61-30-12-15-54(16-13-30)22-27-4-7-28(8-5-27)57-24-35(40(52-57)41(45)46)48-44(60)34-21-47-56-17-14-37(49-42(34)56)55-23-31-20-29(55)25-62-31/h6,9,14,17,19,21,24,27-31,33,41H,4-5,7-8,10-13,15-16,18,20,22-23,25H2,1H3,(H,48,60)(H,50,58,59)/t27?,28?,29-,31-,33?/m1/s1. The van der Waals surface area contributed by atoms with Crippen LogP contribution in [0.4, 0.5) is 20.3 Å². The summed E-state index contributed by atoms with van der Waals surface area (Å²) < 4.78 is 45.3. The summed E-state index contributed by atoms with van der Waals surface area (Å²) in [6.07, 6.45) is 9.33. The van der Waals surface area contributed by atoms with Gasteiger partial charge in [-0.15, -0.1) is 0 Å². The van der Waals surface area contributed by atoms with Gasteiger partial charge in [0.05, 0.1) is 59.9 Å². The van der Waals surface area contributed by atoms with Crippen LogP contribution >= 0.6 is 0 Å². The first-order chi connectivity index (χ1) is 30.1. The molecule has 2 bridgehead atoms. The molecule has 4 aromatic heterocycles. The van der Waals surface area contributed by atoms with Gasteiger partial charge >= 0.3 is 0 Å². The zero-order valence-corrected chi connectivity index (χ0v) is 34.5. The fraction of sp³-hybridized carbons (Fsp3) is 0.523. The molecule has 2 N–H and O–H groups in total. The van der Waals surface area contributed by atoms with Crippen LogP contribution in [-0.4, -0.2) is 114 Å². The van der Waals surface area contributed by atoms with Crippen molar-refractivity contribution in [3.05, 3.63) is 65.4 Å². The van der Waals surface area contributed by atoms with Crippen molar-refractivity contribution < 1.29 is 32.6 Å². The summed E-state index contributed by atoms with van der Waals surface area (Å²) in [5.74, 6) is 6.05. The van der Waals surface area contributed by atoms with Crippen molar-refractivity contribution in [3.63, 3.8) is 0 Å². The summed E-state index contributed by atoms with van der Waals surface area (Å²) in [6, 6.07) is 7.92. The number of rotatable bonds is 10. The normalized spacial score (nSPS) is 24.6. The number of hydrogen-bond acceptors (Lipinski definition) is 11. The molecule has 1 saturated carbocycles. The predicted octanol–water partition coefficient (Wildman–Crippen LogP) is 4.76. The average Bonchev–Trinajstić information content (AvgIpc) is 4.13. The molecule has 1 aliphatic carbocycles. The maximum absolute atomic E-state index is 14.3. The van der Waals surface area contributed by atoms with Gasteiger partial charge < -0.3 is 24.6 Å². The molecular weight excluding hydrogens is 801 g/mol. The fourth-order valence-corrected chi connectivity index (χ4v) is 9.99. The number of ether oxygens (including phenoxy) is 2. The van der Waals surface area contributed by atoms with Crippen molar-refractivity contribution in [2.45, 2.75) is 94.4 Å². The van der Waals surface area contributed by atoms with E-state index < -0.39 is 23.9 Å². The van der Waals surface area contributed by atoms with Gasteiger partial charge in [-0.05, 0) is 81.5 Å². The number of morpholine rings is 1. The van der Waals surface area contributed by atoms with Crippen LogP contribution in [0.5, 0.6) is 0 Å². The van der Waals surface area contributed by atoms with Gasteiger partial charge in [0.15, 0.2) is 11.3 Å². The summed E-state index contributed by atoms with van der Waals surface area (Å²) >= 11 is 0. The quantitative estimate of drug-likeness (QED) is 0.147. The molecule has 4 saturated heterocycles. The largest absolute Gasteiger partial charge is 0.374 e. The second kappa shape index (κ2) is 16.8. The average molecular weight is 850 g/mol. The van der Waals surface area contributed by atoms with E-state index in [4.69, 9.17) is 14.5 Å². The Bertz CT molecular complexity index is 2580. The van der Waals surface area contributed by atoms with Gasteiger partial charge in [0.25, 0.3) is 12.3 Å². The molecule has 0 spiro atoms. The smallest absolute Gasteiger partial charge is 0.284 e. The topological polar surface area (TPSA) is 166 Å². The summed E-state index contributed by atoms with van der Waals surface area (Å²) in [6.45, 7) is 4.61. The van der Waals surface area contributed by atoms with Gasteiger partial charge in [0.1, 0.15) is 18.0 Å². The van der Waals surface area contributed by atoms with E-state index in [9.17, 15) is 23.2 Å². The first-order valence-corrected chi connectivity index (χ1v) is 21.7. The van der Waals surface area contributed by atoms with E-state index in [1.54, 1.807) is 21.8 Å². The molecule has 1 aromatic carbocycles. The number of imide groups is 1. The number of piperidine rings is 2. The molecule has 5 aliphatic rings. The van der Waals surface area contributed by atoms with Crippen molar-refractivity contribution in [3.8, 4) is 11.8 Å². The number of carbonyl (C=O) groups excluding carboxylic acids is 3. The Balaban J connectivity index is 0.684. The Hall–Kier alpha value is -5.77. The van der Waals surface area contributed by atoms with E-state index in [1.807, 2.05) is 31.3 Å². The maximum Gasteiger partial charge on any atom is 0.284 e. The van der Waals surface area contributed by atoms with E-state index in [2.05, 4.69) is 47.6 Å². The maximum atomic E-state index is 14.3. The number of amides is 3. The molecule has 0 radical (unpaired) electrons. The molecule has 324 valence electrons. The number of nitrogens with one attached hydrogen (secondary N) is 2. The molecule has 16 nitrogen and oxygen atoms in total. The SMILES string of the molecule is Cn1nc(C2CCC(=O)NC2=O)c2ccc(C#CCOC3CCN(CC4CCC(n5cc(NC(=O)c6cnn7ccc(N8C[C@H]9C[C@@H]8CO9)nc67)c(C(F)F)n5)CC4)CC3)cc21. The second-order valence-corrected chi connectivity index (χ2v) is 17.3. The number of benzene rings is 1. The fourth-order valence-electron chi connectivity index (χ4n) is 9.99. The number of alkyl halides is 2. The van der Waals surface area contributed by atoms with Crippen LogP contribution < -0.4 is 15.5 Å². The number of halogens is 2. The number of aromatic nitrogens is 7. The summed E-state index contributed by atoms with van der Waals surface area (Å²) in [5, 5.41) is 19.2. The van der Waals surface area contributed by atoms with E-state index in [1.165, 1.54) is 10.7 Å². The molecule has 10 rings (SSSR count). The van der Waals surface area contributed by atoms with E-state index in [0.717, 1.165) is 93.4 Å². The lowest BCUT2D eigenvalue weighted by Crippen LogP contribution is -2.40. The van der Waals surface area contributed by atoms with Gasteiger partial charge in [-0.3, -0.25) is 29.1 Å². The third kappa shape index (κ3) is 8.04. The second-order valence-electron chi connectivity index (χ2n) is 17.3. The van der Waals surface area contributed by atoms with Crippen molar-refractivity contribution >= 4 is 45.8 Å². The van der Waals surface area contributed by atoms with Crippen LogP contribution in [0, 0.1) is 17.8 Å². The minimum atomic E-state index is -2.85. The highest BCUT2D eigenvalue weighted by Gasteiger charge is 2.40. The number of fused-ring (bicyclic) bond motifs is 4. The lowest BCUT2D eigenvalue weighted by Gasteiger charge is -2.36. The third-order valence-electron chi connectivity index (χ3n) is 13.3. The molecule has 3 atom stereocenters. The van der Waals surface area contributed by atoms with Crippen molar-refractivity contribution in [2.75, 3.05) is 49.6 Å². The Morgan fingerprint density at radius 1 is 1.06 bits per heavy atom. The lowest BCUT2D eigenvalue weighted by atomic mass is 9.85. The minimum Gasteiger partial charge on any atom is -0.374 e. The molecule has 4 aliphatic heterocycles. The molecule has 3 amide bonds.